The van der Waals surface area contributed by atoms with E-state index in [0.29, 0.717) is 12.8 Å². The number of rotatable bonds is 6. The summed E-state index contributed by atoms with van der Waals surface area (Å²) in [6.45, 7) is -0.315. The first kappa shape index (κ1) is 15.7. The number of carbonyl (C=O) groups excluding carboxylic acids is 1. The van der Waals surface area contributed by atoms with Gasteiger partial charge in [-0.25, -0.2) is 0 Å². The molecule has 1 fully saturated rings. The summed E-state index contributed by atoms with van der Waals surface area (Å²) in [5, 5.41) is 22.3. The zero-order valence-electron chi connectivity index (χ0n) is 11.7. The van der Waals surface area contributed by atoms with Gasteiger partial charge in [0.2, 0.25) is 0 Å². The van der Waals surface area contributed by atoms with E-state index in [1.54, 1.807) is 0 Å². The van der Waals surface area contributed by atoms with Gasteiger partial charge in [0.05, 0.1) is 16.9 Å². The molecule has 1 aromatic carbocycles. The second kappa shape index (κ2) is 6.88. The highest BCUT2D eigenvalue weighted by Crippen LogP contribution is 2.25. The Morgan fingerprint density at radius 1 is 1.41 bits per heavy atom. The van der Waals surface area contributed by atoms with Gasteiger partial charge in [-0.2, -0.15) is 0 Å². The molecule has 0 aromatic heterocycles. The van der Waals surface area contributed by atoms with Crippen LogP contribution >= 0.6 is 0 Å². The standard InChI is InChI=1S/C14H16N2O6/c17-13(15-12-6-2-5-11(12)14(18)19)8-22-10-4-1-3-9(7-10)16(20)21/h1,3-4,7,11-12H,2,5-6,8H2,(H,15,17)(H,18,19)/t11-,12+/m1/s1. The van der Waals surface area contributed by atoms with Gasteiger partial charge >= 0.3 is 5.97 Å². The van der Waals surface area contributed by atoms with Gasteiger partial charge in [0.15, 0.2) is 6.61 Å². The van der Waals surface area contributed by atoms with E-state index >= 15 is 0 Å². The second-order valence-corrected chi connectivity index (χ2v) is 5.09. The van der Waals surface area contributed by atoms with E-state index in [9.17, 15) is 19.7 Å². The molecule has 2 rings (SSSR count). The van der Waals surface area contributed by atoms with Crippen molar-refractivity contribution in [1.29, 1.82) is 0 Å². The fraction of sp³-hybridized carbons (Fsp3) is 0.429. The third-order valence-corrected chi connectivity index (χ3v) is 3.58. The average Bonchev–Trinajstić information content (AvgIpc) is 2.93. The van der Waals surface area contributed by atoms with Crippen LogP contribution in [0.4, 0.5) is 5.69 Å². The molecular formula is C14H16N2O6. The molecule has 0 heterocycles. The van der Waals surface area contributed by atoms with Crippen molar-refractivity contribution in [2.75, 3.05) is 6.61 Å². The van der Waals surface area contributed by atoms with E-state index in [1.807, 2.05) is 0 Å². The Bertz CT molecular complexity index is 588. The molecule has 0 aliphatic heterocycles. The van der Waals surface area contributed by atoms with Gasteiger partial charge in [-0.15, -0.1) is 0 Å². The number of nitro groups is 1. The minimum Gasteiger partial charge on any atom is -0.484 e. The van der Waals surface area contributed by atoms with Crippen molar-refractivity contribution >= 4 is 17.6 Å². The topological polar surface area (TPSA) is 119 Å². The summed E-state index contributed by atoms with van der Waals surface area (Å²) in [7, 11) is 0. The Hall–Kier alpha value is -2.64. The first-order chi connectivity index (χ1) is 10.5. The third-order valence-electron chi connectivity index (χ3n) is 3.58. The number of amides is 1. The summed E-state index contributed by atoms with van der Waals surface area (Å²) < 4.78 is 5.20. The molecule has 1 aliphatic carbocycles. The molecule has 1 saturated carbocycles. The molecule has 0 spiro atoms. The molecule has 1 aromatic rings. The molecule has 8 nitrogen and oxygen atoms in total. The van der Waals surface area contributed by atoms with Crippen LogP contribution in [0, 0.1) is 16.0 Å². The molecule has 2 atom stereocenters. The monoisotopic (exact) mass is 308 g/mol. The molecule has 1 amide bonds. The van der Waals surface area contributed by atoms with Gasteiger partial charge < -0.3 is 15.2 Å². The molecule has 22 heavy (non-hydrogen) atoms. The summed E-state index contributed by atoms with van der Waals surface area (Å²) in [5.74, 6) is -1.71. The minimum absolute atomic E-state index is 0.125. The number of nitrogens with zero attached hydrogens (tertiary/aromatic N) is 1. The van der Waals surface area contributed by atoms with Crippen LogP contribution in [0.15, 0.2) is 24.3 Å². The largest absolute Gasteiger partial charge is 0.484 e. The van der Waals surface area contributed by atoms with E-state index in [2.05, 4.69) is 5.32 Å². The van der Waals surface area contributed by atoms with E-state index in [-0.39, 0.29) is 18.0 Å². The number of nitro benzene ring substituents is 1. The zero-order valence-corrected chi connectivity index (χ0v) is 11.7. The Balaban J connectivity index is 1.86. The van der Waals surface area contributed by atoms with Crippen molar-refractivity contribution in [2.24, 2.45) is 5.92 Å². The maximum Gasteiger partial charge on any atom is 0.308 e. The Labute approximate surface area is 126 Å². The molecule has 2 N–H and O–H groups in total. The predicted molar refractivity (Wildman–Crippen MR) is 75.5 cm³/mol. The van der Waals surface area contributed by atoms with Crippen LogP contribution in [0.2, 0.25) is 0 Å². The second-order valence-electron chi connectivity index (χ2n) is 5.09. The number of hydrogen-bond donors (Lipinski definition) is 2. The lowest BCUT2D eigenvalue weighted by atomic mass is 10.0. The highest BCUT2D eigenvalue weighted by atomic mass is 16.6. The van der Waals surface area contributed by atoms with Gasteiger partial charge in [0.1, 0.15) is 5.75 Å². The van der Waals surface area contributed by atoms with Gasteiger partial charge in [0, 0.05) is 12.1 Å². The Morgan fingerprint density at radius 3 is 2.86 bits per heavy atom. The average molecular weight is 308 g/mol. The number of ether oxygens (including phenoxy) is 1. The lowest BCUT2D eigenvalue weighted by Crippen LogP contribution is -2.42. The van der Waals surface area contributed by atoms with Crippen LogP contribution < -0.4 is 10.1 Å². The van der Waals surface area contributed by atoms with Crippen LogP contribution in [0.1, 0.15) is 19.3 Å². The van der Waals surface area contributed by atoms with E-state index in [4.69, 9.17) is 9.84 Å². The first-order valence-corrected chi connectivity index (χ1v) is 6.87. The summed E-state index contributed by atoms with van der Waals surface area (Å²) in [6, 6.07) is 5.13. The normalized spacial score (nSPS) is 20.4. The number of aliphatic carboxylic acids is 1. The van der Waals surface area contributed by atoms with E-state index < -0.39 is 28.8 Å². The lowest BCUT2D eigenvalue weighted by molar-refractivity contribution is -0.384. The summed E-state index contributed by atoms with van der Waals surface area (Å²) in [6.07, 6.45) is 1.93. The molecule has 118 valence electrons. The fourth-order valence-electron chi connectivity index (χ4n) is 2.51. The van der Waals surface area contributed by atoms with E-state index in [1.165, 1.54) is 24.3 Å². The van der Waals surface area contributed by atoms with Gasteiger partial charge in [-0.3, -0.25) is 19.7 Å². The van der Waals surface area contributed by atoms with Crippen molar-refractivity contribution in [3.05, 3.63) is 34.4 Å². The van der Waals surface area contributed by atoms with Crippen LogP contribution in [-0.4, -0.2) is 34.6 Å². The molecule has 0 bridgehead atoms. The lowest BCUT2D eigenvalue weighted by Gasteiger charge is -2.17. The quantitative estimate of drug-likeness (QED) is 0.604. The van der Waals surface area contributed by atoms with Crippen molar-refractivity contribution in [3.8, 4) is 5.75 Å². The molecule has 8 heteroatoms. The van der Waals surface area contributed by atoms with Gasteiger partial charge in [-0.1, -0.05) is 12.5 Å². The number of carboxylic acids is 1. The molecule has 0 unspecified atom stereocenters. The molecule has 0 radical (unpaired) electrons. The first-order valence-electron chi connectivity index (χ1n) is 6.87. The minimum atomic E-state index is -0.914. The van der Waals surface area contributed by atoms with Crippen molar-refractivity contribution in [1.82, 2.24) is 5.32 Å². The van der Waals surface area contributed by atoms with Crippen LogP contribution in [0.5, 0.6) is 5.75 Å². The predicted octanol–water partition coefficient (Wildman–Crippen LogP) is 1.34. The fourth-order valence-corrected chi connectivity index (χ4v) is 2.51. The van der Waals surface area contributed by atoms with Crippen molar-refractivity contribution < 1.29 is 24.4 Å². The smallest absolute Gasteiger partial charge is 0.308 e. The molecular weight excluding hydrogens is 292 g/mol. The number of hydrogen-bond acceptors (Lipinski definition) is 5. The van der Waals surface area contributed by atoms with Crippen molar-refractivity contribution in [3.63, 3.8) is 0 Å². The maximum atomic E-state index is 11.8. The zero-order chi connectivity index (χ0) is 16.1. The number of carbonyl (C=O) groups is 2. The third kappa shape index (κ3) is 3.94. The summed E-state index contributed by atoms with van der Waals surface area (Å²) in [5.41, 5.74) is -0.125. The van der Waals surface area contributed by atoms with Crippen molar-refractivity contribution in [2.45, 2.75) is 25.3 Å². The highest BCUT2D eigenvalue weighted by molar-refractivity contribution is 5.79. The van der Waals surface area contributed by atoms with Crippen LogP contribution in [0.25, 0.3) is 0 Å². The SMILES string of the molecule is O=C(COc1cccc([N+](=O)[O-])c1)N[C@H]1CCC[C@H]1C(=O)O. The maximum absolute atomic E-state index is 11.8. The summed E-state index contributed by atoms with van der Waals surface area (Å²) >= 11 is 0. The molecule has 0 saturated heterocycles. The number of non-ortho nitro benzene ring substituents is 1. The number of nitrogens with one attached hydrogen (secondary N) is 1. The molecule has 1 aliphatic rings. The Kier molecular flexibility index (Phi) is 4.92. The van der Waals surface area contributed by atoms with E-state index in [0.717, 1.165) is 6.42 Å². The number of carboxylic acid groups (broad SMARTS) is 1. The van der Waals surface area contributed by atoms with Gasteiger partial charge in [-0.05, 0) is 18.9 Å². The summed E-state index contributed by atoms with van der Waals surface area (Å²) in [4.78, 5) is 32.9. The highest BCUT2D eigenvalue weighted by Gasteiger charge is 2.33. The van der Waals surface area contributed by atoms with Gasteiger partial charge in [0.25, 0.3) is 11.6 Å². The van der Waals surface area contributed by atoms with Crippen LogP contribution in [0.3, 0.4) is 0 Å². The number of benzene rings is 1. The van der Waals surface area contributed by atoms with Crippen LogP contribution in [-0.2, 0) is 9.59 Å². The Morgan fingerprint density at radius 2 is 2.18 bits per heavy atom.